The topological polar surface area (TPSA) is 307 Å². The first-order valence-corrected chi connectivity index (χ1v) is 42.2. The molecular formula is C83H155NO18. The van der Waals surface area contributed by atoms with Crippen molar-refractivity contribution in [1.82, 2.24) is 5.32 Å². The van der Waals surface area contributed by atoms with Crippen LogP contribution in [0, 0.1) is 0 Å². The Morgan fingerprint density at radius 2 is 0.647 bits per heavy atom. The van der Waals surface area contributed by atoms with E-state index in [1.165, 1.54) is 276 Å². The van der Waals surface area contributed by atoms with Gasteiger partial charge in [0, 0.05) is 6.42 Å². The first-order valence-electron chi connectivity index (χ1n) is 42.2. The molecule has 0 bridgehead atoms. The lowest BCUT2D eigenvalue weighted by atomic mass is 9.96. The van der Waals surface area contributed by atoms with Gasteiger partial charge < -0.3 is 89.9 Å². The van der Waals surface area contributed by atoms with Gasteiger partial charge in [-0.2, -0.15) is 0 Å². The molecule has 0 aliphatic carbocycles. The van der Waals surface area contributed by atoms with E-state index in [1.54, 1.807) is 6.08 Å². The molecule has 19 nitrogen and oxygen atoms in total. The highest BCUT2D eigenvalue weighted by Gasteiger charge is 2.54. The molecule has 17 unspecified atom stereocenters. The van der Waals surface area contributed by atoms with Crippen LogP contribution < -0.4 is 5.32 Å². The van der Waals surface area contributed by atoms with Crippen LogP contribution in [0.1, 0.15) is 354 Å². The van der Waals surface area contributed by atoms with E-state index in [9.17, 15) is 61.0 Å². The number of allylic oxidation sites excluding steroid dienone is 5. The summed E-state index contributed by atoms with van der Waals surface area (Å²) in [7, 11) is 0. The first kappa shape index (κ1) is 94.2. The molecule has 0 aromatic heterocycles. The van der Waals surface area contributed by atoms with E-state index < -0.39 is 124 Å². The van der Waals surface area contributed by atoms with Gasteiger partial charge in [-0.15, -0.1) is 0 Å². The fourth-order valence-electron chi connectivity index (χ4n) is 14.4. The minimum atomic E-state index is -1.98. The van der Waals surface area contributed by atoms with Gasteiger partial charge in [0.25, 0.3) is 0 Å². The first-order chi connectivity index (χ1) is 49.8. The molecule has 600 valence electrons. The quantitative estimate of drug-likeness (QED) is 0.0199. The molecule has 1 amide bonds. The smallest absolute Gasteiger partial charge is 0.220 e. The summed E-state index contributed by atoms with van der Waals surface area (Å²) in [6.45, 7) is 1.78. The number of unbranched alkanes of at least 4 members (excludes halogenated alkanes) is 48. The van der Waals surface area contributed by atoms with Gasteiger partial charge in [0.1, 0.15) is 73.2 Å². The zero-order valence-electron chi connectivity index (χ0n) is 64.4. The zero-order chi connectivity index (χ0) is 73.9. The van der Waals surface area contributed by atoms with Crippen molar-refractivity contribution in [3.05, 3.63) is 36.5 Å². The van der Waals surface area contributed by atoms with Crippen molar-refractivity contribution in [3.63, 3.8) is 0 Å². The van der Waals surface area contributed by atoms with Gasteiger partial charge >= 0.3 is 0 Å². The lowest BCUT2D eigenvalue weighted by Crippen LogP contribution is -2.66. The number of aliphatic hydroxyl groups is 11. The summed E-state index contributed by atoms with van der Waals surface area (Å²) in [6, 6.07) is -0.975. The van der Waals surface area contributed by atoms with Crippen LogP contribution in [-0.2, 0) is 33.2 Å². The standard InChI is InChI=1S/C83H155NO18/c1-3-5-7-9-11-13-15-17-19-21-23-25-27-29-31-32-33-35-36-38-40-42-44-46-48-50-52-54-56-58-60-67(88)66(84-71(89)61-59-57-55-53-51-49-47-45-43-41-39-37-34-30-28-26-24-22-20-18-16-14-12-10-8-6-4-2)65-97-81-77(95)74(92)79(69(63-86)99-81)102-83-78(96)75(93)80(70(64-87)100-83)101-82-76(94)73(91)72(90)68(62-85)98-82/h16,18,22,24,58,60,66-70,72-83,85-88,90-96H,3-15,17,19-21,23,25-57,59,61-65H2,1-2H3,(H,84,89)/b18-16-,24-22-,60-58+. The van der Waals surface area contributed by atoms with Crippen molar-refractivity contribution in [2.24, 2.45) is 0 Å². The van der Waals surface area contributed by atoms with Crippen LogP contribution in [0.3, 0.4) is 0 Å². The summed E-state index contributed by atoms with van der Waals surface area (Å²) < 4.78 is 34.5. The highest BCUT2D eigenvalue weighted by atomic mass is 16.8. The number of carbonyl (C=O) groups excluding carboxylic acids is 1. The molecule has 3 aliphatic rings. The molecule has 102 heavy (non-hydrogen) atoms. The molecule has 17 atom stereocenters. The number of ether oxygens (including phenoxy) is 6. The second kappa shape index (κ2) is 63.9. The van der Waals surface area contributed by atoms with Gasteiger partial charge in [-0.1, -0.05) is 333 Å². The largest absolute Gasteiger partial charge is 0.394 e. The normalized spacial score (nSPS) is 26.3. The van der Waals surface area contributed by atoms with Crippen LogP contribution in [0.4, 0.5) is 0 Å². The van der Waals surface area contributed by atoms with Crippen LogP contribution >= 0.6 is 0 Å². The van der Waals surface area contributed by atoms with Crippen LogP contribution in [-0.4, -0.2) is 193 Å². The maximum Gasteiger partial charge on any atom is 0.220 e. The summed E-state index contributed by atoms with van der Waals surface area (Å²) in [5.41, 5.74) is 0. The van der Waals surface area contributed by atoms with Crippen LogP contribution in [0.25, 0.3) is 0 Å². The molecule has 3 heterocycles. The average molecular weight is 1460 g/mol. The Bertz CT molecular complexity index is 1980. The lowest BCUT2D eigenvalue weighted by molar-refractivity contribution is -0.379. The molecule has 3 aliphatic heterocycles. The maximum absolute atomic E-state index is 13.5. The second-order valence-electron chi connectivity index (χ2n) is 30.3. The fraction of sp³-hybridized carbons (Fsp3) is 0.916. The number of carbonyl (C=O) groups is 1. The highest BCUT2D eigenvalue weighted by Crippen LogP contribution is 2.33. The van der Waals surface area contributed by atoms with Crippen molar-refractivity contribution < 1.29 is 89.4 Å². The third kappa shape index (κ3) is 43.3. The predicted octanol–water partition coefficient (Wildman–Crippen LogP) is 14.7. The van der Waals surface area contributed by atoms with Crippen LogP contribution in [0.15, 0.2) is 36.5 Å². The number of nitrogens with one attached hydrogen (secondary N) is 1. The number of hydrogen-bond acceptors (Lipinski definition) is 18. The molecule has 3 fully saturated rings. The predicted molar refractivity (Wildman–Crippen MR) is 406 cm³/mol. The molecular weight excluding hydrogens is 1300 g/mol. The van der Waals surface area contributed by atoms with E-state index in [4.69, 9.17) is 28.4 Å². The molecule has 0 spiro atoms. The van der Waals surface area contributed by atoms with Gasteiger partial charge in [-0.25, -0.2) is 0 Å². The second-order valence-corrected chi connectivity index (χ2v) is 30.3. The van der Waals surface area contributed by atoms with Crippen molar-refractivity contribution >= 4 is 5.91 Å². The van der Waals surface area contributed by atoms with Gasteiger partial charge in [0.05, 0.1) is 38.6 Å². The Morgan fingerprint density at radius 3 is 1.00 bits per heavy atom. The fourth-order valence-corrected chi connectivity index (χ4v) is 14.4. The molecule has 19 heteroatoms. The average Bonchev–Trinajstić information content (AvgIpc) is 0.782. The minimum Gasteiger partial charge on any atom is -0.394 e. The molecule has 0 aromatic rings. The number of aliphatic hydroxyl groups excluding tert-OH is 11. The van der Waals surface area contributed by atoms with Crippen LogP contribution in [0.2, 0.25) is 0 Å². The Balaban J connectivity index is 1.36. The Morgan fingerprint density at radius 1 is 0.353 bits per heavy atom. The summed E-state index contributed by atoms with van der Waals surface area (Å²) >= 11 is 0. The van der Waals surface area contributed by atoms with E-state index >= 15 is 0 Å². The monoisotopic (exact) mass is 1450 g/mol. The highest BCUT2D eigenvalue weighted by molar-refractivity contribution is 5.76. The molecule has 3 rings (SSSR count). The van der Waals surface area contributed by atoms with E-state index in [1.807, 2.05) is 6.08 Å². The molecule has 0 saturated carbocycles. The van der Waals surface area contributed by atoms with Crippen LogP contribution in [0.5, 0.6) is 0 Å². The maximum atomic E-state index is 13.5. The third-order valence-corrected chi connectivity index (χ3v) is 21.2. The summed E-state index contributed by atoms with van der Waals surface area (Å²) in [5, 5.41) is 121. The SMILES string of the molecule is CCCCCCC/C=C\C/C=C\CCCCCCCCCCCCCCCCCC(=O)NC(COC1OC(CO)C(OC2OC(CO)C(OC3OC(CO)C(O)C(O)C3O)C(O)C2O)C(O)C1O)C(O)/C=C/CCCCCCCCCCCCCCCCCCCCCCCCCCCCCC. The molecule has 0 radical (unpaired) electrons. The van der Waals surface area contributed by atoms with Gasteiger partial charge in [0.2, 0.25) is 5.91 Å². The number of hydrogen-bond donors (Lipinski definition) is 12. The van der Waals surface area contributed by atoms with E-state index in [0.29, 0.717) is 6.42 Å². The van der Waals surface area contributed by atoms with E-state index in [2.05, 4.69) is 43.5 Å². The van der Waals surface area contributed by atoms with Crippen molar-refractivity contribution in [2.75, 3.05) is 26.4 Å². The summed E-state index contributed by atoms with van der Waals surface area (Å²) in [5.74, 6) is -0.270. The summed E-state index contributed by atoms with van der Waals surface area (Å²) in [4.78, 5) is 13.5. The van der Waals surface area contributed by atoms with Gasteiger partial charge in [-0.05, 0) is 51.4 Å². The molecule has 12 N–H and O–H groups in total. The van der Waals surface area contributed by atoms with Gasteiger partial charge in [-0.3, -0.25) is 4.79 Å². The minimum absolute atomic E-state index is 0.245. The Kier molecular flexibility index (Phi) is 59.0. The van der Waals surface area contributed by atoms with E-state index in [-0.39, 0.29) is 18.9 Å². The van der Waals surface area contributed by atoms with E-state index in [0.717, 1.165) is 51.4 Å². The Labute approximate surface area is 619 Å². The number of rotatable bonds is 68. The Hall–Kier alpha value is -1.99. The molecule has 0 aromatic carbocycles. The zero-order valence-corrected chi connectivity index (χ0v) is 64.4. The van der Waals surface area contributed by atoms with Gasteiger partial charge in [0.15, 0.2) is 18.9 Å². The molecule has 3 saturated heterocycles. The third-order valence-electron chi connectivity index (χ3n) is 21.2. The number of amides is 1. The lowest BCUT2D eigenvalue weighted by Gasteiger charge is -2.48. The van der Waals surface area contributed by atoms with Crippen molar-refractivity contribution in [1.29, 1.82) is 0 Å². The van der Waals surface area contributed by atoms with Crippen molar-refractivity contribution in [3.8, 4) is 0 Å². The summed E-state index contributed by atoms with van der Waals surface area (Å²) in [6.07, 6.45) is 52.8. The van der Waals surface area contributed by atoms with Crippen molar-refractivity contribution in [2.45, 2.75) is 458 Å².